The number of nitrogens with zero attached hydrogens (tertiary/aromatic N) is 4. The van der Waals surface area contributed by atoms with Crippen molar-refractivity contribution in [2.24, 2.45) is 5.92 Å². The molecule has 2 fully saturated rings. The van der Waals surface area contributed by atoms with Crippen molar-refractivity contribution in [3.63, 3.8) is 0 Å². The number of rotatable bonds is 7. The Morgan fingerprint density at radius 1 is 1.11 bits per heavy atom. The van der Waals surface area contributed by atoms with E-state index in [0.29, 0.717) is 31.1 Å². The van der Waals surface area contributed by atoms with Crippen molar-refractivity contribution >= 4 is 32.9 Å². The molecule has 3 heterocycles. The first-order valence-corrected chi connectivity index (χ1v) is 14.5. The van der Waals surface area contributed by atoms with Crippen LogP contribution in [0.3, 0.4) is 0 Å². The molecule has 0 unspecified atom stereocenters. The molecule has 3 aromatic rings. The lowest BCUT2D eigenvalue weighted by atomic mass is 9.82. The number of benzene rings is 1. The average Bonchev–Trinajstić information content (AvgIpc) is 3.20. The van der Waals surface area contributed by atoms with Crippen LogP contribution in [0.5, 0.6) is 5.75 Å². The Labute approximate surface area is 216 Å². The Bertz CT molecular complexity index is 1420. The number of amides is 2. The molecule has 2 amide bonds. The van der Waals surface area contributed by atoms with E-state index in [9.17, 15) is 18.0 Å². The first-order chi connectivity index (χ1) is 17.7. The van der Waals surface area contributed by atoms with Crippen LogP contribution in [0.1, 0.15) is 61.1 Å². The summed E-state index contributed by atoms with van der Waals surface area (Å²) in [7, 11) is -3.78. The molecule has 0 spiro atoms. The number of piperidine rings is 1. The molecule has 0 bridgehead atoms. The van der Waals surface area contributed by atoms with E-state index in [1.807, 2.05) is 40.0 Å². The van der Waals surface area contributed by atoms with E-state index in [1.165, 1.54) is 6.07 Å². The number of likely N-dealkylation sites (tertiary alicyclic amines) is 1. The van der Waals surface area contributed by atoms with Gasteiger partial charge < -0.3 is 9.64 Å². The molecule has 1 aliphatic heterocycles. The van der Waals surface area contributed by atoms with Crippen LogP contribution >= 0.6 is 0 Å². The Hall–Kier alpha value is -3.47. The van der Waals surface area contributed by atoms with E-state index in [4.69, 9.17) is 9.84 Å². The second kappa shape index (κ2) is 10.1. The Balaban J connectivity index is 1.56. The number of hydrogen-bond acceptors (Lipinski definition) is 7. The highest BCUT2D eigenvalue weighted by Gasteiger charge is 2.30. The number of hydrogen-bond donors (Lipinski definition) is 1. The molecule has 196 valence electrons. The summed E-state index contributed by atoms with van der Waals surface area (Å²) in [4.78, 5) is 30.9. The van der Waals surface area contributed by atoms with E-state index in [0.717, 1.165) is 55.1 Å². The maximum atomic E-state index is 12.8. The van der Waals surface area contributed by atoms with Gasteiger partial charge in [-0.15, -0.1) is 0 Å². The summed E-state index contributed by atoms with van der Waals surface area (Å²) < 4.78 is 33.6. The zero-order chi connectivity index (χ0) is 26.2. The van der Waals surface area contributed by atoms with E-state index < -0.39 is 15.9 Å². The van der Waals surface area contributed by atoms with Crippen molar-refractivity contribution in [1.82, 2.24) is 24.4 Å². The lowest BCUT2D eigenvalue weighted by Crippen LogP contribution is -2.38. The monoisotopic (exact) mass is 525 g/mol. The van der Waals surface area contributed by atoms with E-state index in [-0.39, 0.29) is 23.4 Å². The van der Waals surface area contributed by atoms with Gasteiger partial charge in [-0.1, -0.05) is 24.6 Å². The molecule has 1 saturated carbocycles. The number of sulfonamides is 1. The summed E-state index contributed by atoms with van der Waals surface area (Å²) in [5.41, 5.74) is 2.06. The minimum absolute atomic E-state index is 0.0587. The first kappa shape index (κ1) is 25.2. The predicted molar refractivity (Wildman–Crippen MR) is 138 cm³/mol. The smallest absolute Gasteiger partial charge is 0.283 e. The highest BCUT2D eigenvalue weighted by atomic mass is 32.2. The van der Waals surface area contributed by atoms with Crippen LogP contribution in [0, 0.1) is 5.92 Å². The van der Waals surface area contributed by atoms with Crippen LogP contribution in [0.15, 0.2) is 36.4 Å². The van der Waals surface area contributed by atoms with Crippen LogP contribution in [-0.2, 0) is 14.8 Å². The molecule has 0 atom stereocenters. The number of ether oxygens (including phenoxy) is 1. The lowest BCUT2D eigenvalue weighted by molar-refractivity contribution is -0.130. The predicted octanol–water partition coefficient (Wildman–Crippen LogP) is 3.01. The standard InChI is InChI=1S/C26H31N5O5S/c1-17(32)30-13-11-18(12-14-30)16-36-22-15-21(26(33)29-37(2,34)35)27-25-23(22)24(19-7-6-8-19)28-31(25)20-9-4-3-5-10-20/h3-5,9-10,15,18-19H,6-8,11-14,16H2,1-2H3,(H,29,33). The summed E-state index contributed by atoms with van der Waals surface area (Å²) in [6.45, 7) is 3.38. The quantitative estimate of drug-likeness (QED) is 0.503. The highest BCUT2D eigenvalue weighted by molar-refractivity contribution is 7.89. The summed E-state index contributed by atoms with van der Waals surface area (Å²) in [6.07, 6.45) is 5.73. The number of fused-ring (bicyclic) bond motifs is 1. The molecule has 11 heteroatoms. The topological polar surface area (TPSA) is 123 Å². The number of carbonyl (C=O) groups excluding carboxylic acids is 2. The third-order valence-electron chi connectivity index (χ3n) is 7.17. The second-order valence-corrected chi connectivity index (χ2v) is 11.7. The van der Waals surface area contributed by atoms with Crippen molar-refractivity contribution in [3.05, 3.63) is 47.8 Å². The first-order valence-electron chi connectivity index (χ1n) is 12.6. The fourth-order valence-corrected chi connectivity index (χ4v) is 5.34. The Morgan fingerprint density at radius 2 is 1.81 bits per heavy atom. The lowest BCUT2D eigenvalue weighted by Gasteiger charge is -2.31. The SMILES string of the molecule is CC(=O)N1CCC(COc2cc(C(=O)NS(C)(=O)=O)nc3c2c(C2CCC2)nn3-c2ccccc2)CC1. The maximum Gasteiger partial charge on any atom is 0.283 e. The molecule has 10 nitrogen and oxygen atoms in total. The number of aromatic nitrogens is 3. The average molecular weight is 526 g/mol. The van der Waals surface area contributed by atoms with Crippen LogP contribution in [0.4, 0.5) is 0 Å². The number of para-hydroxylation sites is 1. The minimum atomic E-state index is -3.78. The highest BCUT2D eigenvalue weighted by Crippen LogP contribution is 2.42. The molecule has 1 aromatic carbocycles. The molecule has 1 saturated heterocycles. The zero-order valence-electron chi connectivity index (χ0n) is 21.0. The van der Waals surface area contributed by atoms with Crippen LogP contribution < -0.4 is 9.46 Å². The summed E-state index contributed by atoms with van der Waals surface area (Å²) >= 11 is 0. The molecule has 2 aliphatic rings. The molecule has 1 N–H and O–H groups in total. The molecule has 5 rings (SSSR count). The van der Waals surface area contributed by atoms with E-state index in [2.05, 4.69) is 4.98 Å². The number of nitrogens with one attached hydrogen (secondary N) is 1. The van der Waals surface area contributed by atoms with Gasteiger partial charge in [0.2, 0.25) is 15.9 Å². The van der Waals surface area contributed by atoms with Gasteiger partial charge in [0, 0.05) is 32.0 Å². The zero-order valence-corrected chi connectivity index (χ0v) is 21.8. The summed E-state index contributed by atoms with van der Waals surface area (Å²) in [5.74, 6) is 0.251. The van der Waals surface area contributed by atoms with Gasteiger partial charge >= 0.3 is 0 Å². The van der Waals surface area contributed by atoms with Gasteiger partial charge in [0.25, 0.3) is 5.91 Å². The van der Waals surface area contributed by atoms with Crippen LogP contribution in [-0.4, -0.2) is 65.8 Å². The minimum Gasteiger partial charge on any atom is -0.492 e. The van der Waals surface area contributed by atoms with Gasteiger partial charge in [-0.25, -0.2) is 22.8 Å². The van der Waals surface area contributed by atoms with Gasteiger partial charge in [0.15, 0.2) is 5.65 Å². The number of pyridine rings is 1. The van der Waals surface area contributed by atoms with Gasteiger partial charge in [0.1, 0.15) is 11.4 Å². The Kier molecular flexibility index (Phi) is 6.89. The third-order valence-corrected chi connectivity index (χ3v) is 7.72. The van der Waals surface area contributed by atoms with Gasteiger partial charge in [-0.2, -0.15) is 5.10 Å². The van der Waals surface area contributed by atoms with Gasteiger partial charge in [-0.05, 0) is 43.7 Å². The van der Waals surface area contributed by atoms with E-state index in [1.54, 1.807) is 11.6 Å². The molecule has 1 aliphatic carbocycles. The maximum absolute atomic E-state index is 12.8. The van der Waals surface area contributed by atoms with Crippen molar-refractivity contribution in [2.45, 2.75) is 44.9 Å². The molecular weight excluding hydrogens is 494 g/mol. The van der Waals surface area contributed by atoms with Crippen molar-refractivity contribution in [3.8, 4) is 11.4 Å². The fourth-order valence-electron chi connectivity index (χ4n) is 4.90. The second-order valence-electron chi connectivity index (χ2n) is 9.93. The van der Waals surface area contributed by atoms with Gasteiger partial charge in [-0.3, -0.25) is 9.59 Å². The van der Waals surface area contributed by atoms with Crippen LogP contribution in [0.2, 0.25) is 0 Å². The third kappa shape index (κ3) is 5.46. The fraction of sp³-hybridized carbons (Fsp3) is 0.462. The van der Waals surface area contributed by atoms with Gasteiger partial charge in [0.05, 0.1) is 29.6 Å². The summed E-state index contributed by atoms with van der Waals surface area (Å²) in [5, 5.41) is 5.68. The van der Waals surface area contributed by atoms with Crippen molar-refractivity contribution in [2.75, 3.05) is 26.0 Å². The summed E-state index contributed by atoms with van der Waals surface area (Å²) in [6, 6.07) is 11.0. The molecule has 2 aromatic heterocycles. The van der Waals surface area contributed by atoms with Crippen LogP contribution in [0.25, 0.3) is 16.7 Å². The molecule has 0 radical (unpaired) electrons. The molecular formula is C26H31N5O5S. The normalized spacial score (nSPS) is 17.0. The number of carbonyl (C=O) groups is 2. The largest absolute Gasteiger partial charge is 0.492 e. The molecule has 37 heavy (non-hydrogen) atoms. The van der Waals surface area contributed by atoms with E-state index >= 15 is 0 Å². The van der Waals surface area contributed by atoms with Crippen molar-refractivity contribution < 1.29 is 22.7 Å². The van der Waals surface area contributed by atoms with Crippen molar-refractivity contribution in [1.29, 1.82) is 0 Å². The Morgan fingerprint density at radius 3 is 2.41 bits per heavy atom.